The van der Waals surface area contributed by atoms with Crippen LogP contribution in [0.3, 0.4) is 0 Å². The van der Waals surface area contributed by atoms with E-state index in [9.17, 15) is 9.59 Å². The molecule has 17 heavy (non-hydrogen) atoms. The zero-order valence-corrected chi connectivity index (χ0v) is 11.0. The van der Waals surface area contributed by atoms with Gasteiger partial charge >= 0.3 is 0 Å². The first-order valence-corrected chi connectivity index (χ1v) is 6.31. The Morgan fingerprint density at radius 1 is 1.35 bits per heavy atom. The molecule has 0 radical (unpaired) electrons. The SMILES string of the molecule is C/C=C/CN1CCC(=O)NC(CC)(CC)C1=O. The van der Waals surface area contributed by atoms with Crippen LogP contribution in [0.4, 0.5) is 0 Å². The van der Waals surface area contributed by atoms with Crippen molar-refractivity contribution in [3.63, 3.8) is 0 Å². The molecule has 2 amide bonds. The molecule has 96 valence electrons. The highest BCUT2D eigenvalue weighted by Crippen LogP contribution is 2.21. The van der Waals surface area contributed by atoms with E-state index in [-0.39, 0.29) is 11.8 Å². The zero-order valence-electron chi connectivity index (χ0n) is 11.0. The number of amides is 2. The van der Waals surface area contributed by atoms with E-state index in [1.165, 1.54) is 0 Å². The van der Waals surface area contributed by atoms with Crippen molar-refractivity contribution < 1.29 is 9.59 Å². The van der Waals surface area contributed by atoms with Crippen LogP contribution in [-0.4, -0.2) is 35.3 Å². The van der Waals surface area contributed by atoms with E-state index in [4.69, 9.17) is 0 Å². The third-order valence-electron chi connectivity index (χ3n) is 3.45. The first kappa shape index (κ1) is 13.7. The second-order valence-corrected chi connectivity index (χ2v) is 4.41. The predicted octanol–water partition coefficient (Wildman–Crippen LogP) is 1.47. The average Bonchev–Trinajstić information content (AvgIpc) is 2.46. The van der Waals surface area contributed by atoms with Gasteiger partial charge in [0.25, 0.3) is 0 Å². The number of allylic oxidation sites excluding steroid dienone is 1. The third kappa shape index (κ3) is 2.87. The molecule has 1 aliphatic rings. The molecular formula is C13H22N2O2. The Hall–Kier alpha value is -1.32. The average molecular weight is 238 g/mol. The van der Waals surface area contributed by atoms with Gasteiger partial charge in [0.2, 0.25) is 11.8 Å². The minimum atomic E-state index is -0.699. The van der Waals surface area contributed by atoms with Crippen LogP contribution < -0.4 is 5.32 Å². The molecule has 1 saturated heterocycles. The highest BCUT2D eigenvalue weighted by molar-refractivity contribution is 5.93. The summed E-state index contributed by atoms with van der Waals surface area (Å²) >= 11 is 0. The summed E-state index contributed by atoms with van der Waals surface area (Å²) in [5, 5.41) is 2.89. The van der Waals surface area contributed by atoms with Gasteiger partial charge in [0.15, 0.2) is 0 Å². The fourth-order valence-electron chi connectivity index (χ4n) is 2.16. The van der Waals surface area contributed by atoms with E-state index >= 15 is 0 Å². The van der Waals surface area contributed by atoms with E-state index in [0.29, 0.717) is 32.4 Å². The maximum Gasteiger partial charge on any atom is 0.248 e. The van der Waals surface area contributed by atoms with E-state index < -0.39 is 5.54 Å². The van der Waals surface area contributed by atoms with Gasteiger partial charge in [-0.3, -0.25) is 9.59 Å². The molecule has 4 nitrogen and oxygen atoms in total. The van der Waals surface area contributed by atoms with Crippen LogP contribution in [0.2, 0.25) is 0 Å². The highest BCUT2D eigenvalue weighted by atomic mass is 16.2. The summed E-state index contributed by atoms with van der Waals surface area (Å²) in [6.07, 6.45) is 5.54. The lowest BCUT2D eigenvalue weighted by molar-refractivity contribution is -0.138. The maximum atomic E-state index is 12.5. The predicted molar refractivity (Wildman–Crippen MR) is 67.5 cm³/mol. The van der Waals surface area contributed by atoms with Gasteiger partial charge in [-0.2, -0.15) is 0 Å². The van der Waals surface area contributed by atoms with Crippen LogP contribution in [0.1, 0.15) is 40.0 Å². The molecular weight excluding hydrogens is 216 g/mol. The Morgan fingerprint density at radius 3 is 2.53 bits per heavy atom. The molecule has 0 aliphatic carbocycles. The van der Waals surface area contributed by atoms with Crippen molar-refractivity contribution in [2.45, 2.75) is 45.6 Å². The second kappa shape index (κ2) is 5.84. The Morgan fingerprint density at radius 2 is 2.00 bits per heavy atom. The number of nitrogens with one attached hydrogen (secondary N) is 1. The smallest absolute Gasteiger partial charge is 0.248 e. The van der Waals surface area contributed by atoms with Crippen LogP contribution in [0.15, 0.2) is 12.2 Å². The lowest BCUT2D eigenvalue weighted by Crippen LogP contribution is -2.56. The fourth-order valence-corrected chi connectivity index (χ4v) is 2.16. The van der Waals surface area contributed by atoms with Gasteiger partial charge < -0.3 is 10.2 Å². The largest absolute Gasteiger partial charge is 0.342 e. The molecule has 1 N–H and O–H groups in total. The molecule has 4 heteroatoms. The zero-order chi connectivity index (χ0) is 12.9. The molecule has 0 unspecified atom stereocenters. The minimum absolute atomic E-state index is 0.0231. The Kier molecular flexibility index (Phi) is 4.73. The van der Waals surface area contributed by atoms with Crippen molar-refractivity contribution in [1.82, 2.24) is 10.2 Å². The fraction of sp³-hybridized carbons (Fsp3) is 0.692. The monoisotopic (exact) mass is 238 g/mol. The molecule has 0 aromatic heterocycles. The molecule has 0 aromatic carbocycles. The molecule has 1 fully saturated rings. The molecule has 1 aliphatic heterocycles. The van der Waals surface area contributed by atoms with E-state index in [1.54, 1.807) is 4.90 Å². The van der Waals surface area contributed by atoms with Crippen LogP contribution in [-0.2, 0) is 9.59 Å². The van der Waals surface area contributed by atoms with Gasteiger partial charge in [0.1, 0.15) is 5.54 Å². The van der Waals surface area contributed by atoms with Gasteiger partial charge in [-0.05, 0) is 19.8 Å². The summed E-state index contributed by atoms with van der Waals surface area (Å²) in [6, 6.07) is 0. The first-order chi connectivity index (χ1) is 8.09. The number of carbonyl (C=O) groups excluding carboxylic acids is 2. The van der Waals surface area contributed by atoms with Crippen molar-refractivity contribution in [3.8, 4) is 0 Å². The van der Waals surface area contributed by atoms with Gasteiger partial charge in [-0.1, -0.05) is 26.0 Å². The molecule has 0 aromatic rings. The summed E-state index contributed by atoms with van der Waals surface area (Å²) < 4.78 is 0. The van der Waals surface area contributed by atoms with E-state index in [0.717, 1.165) is 0 Å². The Labute approximate surface area is 103 Å². The second-order valence-electron chi connectivity index (χ2n) is 4.41. The van der Waals surface area contributed by atoms with Gasteiger partial charge in [0, 0.05) is 19.5 Å². The highest BCUT2D eigenvalue weighted by Gasteiger charge is 2.41. The molecule has 0 spiro atoms. The molecule has 0 saturated carbocycles. The van der Waals surface area contributed by atoms with E-state index in [1.807, 2.05) is 32.9 Å². The van der Waals surface area contributed by atoms with Crippen LogP contribution in [0, 0.1) is 0 Å². The summed E-state index contributed by atoms with van der Waals surface area (Å²) in [6.45, 7) is 6.92. The molecule has 0 atom stereocenters. The van der Waals surface area contributed by atoms with Crippen molar-refractivity contribution in [3.05, 3.63) is 12.2 Å². The summed E-state index contributed by atoms with van der Waals surface area (Å²) in [4.78, 5) is 25.9. The van der Waals surface area contributed by atoms with Crippen molar-refractivity contribution >= 4 is 11.8 Å². The van der Waals surface area contributed by atoms with Crippen molar-refractivity contribution in [2.24, 2.45) is 0 Å². The van der Waals surface area contributed by atoms with Gasteiger partial charge in [-0.15, -0.1) is 0 Å². The quantitative estimate of drug-likeness (QED) is 0.754. The maximum absolute atomic E-state index is 12.5. The third-order valence-corrected chi connectivity index (χ3v) is 3.45. The van der Waals surface area contributed by atoms with Crippen molar-refractivity contribution in [2.75, 3.05) is 13.1 Å². The summed E-state index contributed by atoms with van der Waals surface area (Å²) in [5.41, 5.74) is -0.699. The van der Waals surface area contributed by atoms with Gasteiger partial charge in [-0.25, -0.2) is 0 Å². The first-order valence-electron chi connectivity index (χ1n) is 6.31. The molecule has 0 bridgehead atoms. The molecule has 1 heterocycles. The number of rotatable bonds is 4. The number of carbonyl (C=O) groups is 2. The van der Waals surface area contributed by atoms with Crippen molar-refractivity contribution in [1.29, 1.82) is 0 Å². The molecule has 1 rings (SSSR count). The Balaban J connectivity index is 2.95. The van der Waals surface area contributed by atoms with Crippen LogP contribution in [0.5, 0.6) is 0 Å². The van der Waals surface area contributed by atoms with Crippen LogP contribution in [0.25, 0.3) is 0 Å². The summed E-state index contributed by atoms with van der Waals surface area (Å²) in [7, 11) is 0. The lowest BCUT2D eigenvalue weighted by Gasteiger charge is -2.33. The number of nitrogens with zero attached hydrogens (tertiary/aromatic N) is 1. The minimum Gasteiger partial charge on any atom is -0.342 e. The summed E-state index contributed by atoms with van der Waals surface area (Å²) in [5.74, 6) is 0.0245. The standard InChI is InChI=1S/C13H22N2O2/c1-4-7-9-15-10-8-11(16)14-13(5-2,6-3)12(15)17/h4,7H,5-6,8-10H2,1-3H3,(H,14,16)/b7-4+. The van der Waals surface area contributed by atoms with E-state index in [2.05, 4.69) is 5.32 Å². The number of hydrogen-bond acceptors (Lipinski definition) is 2. The number of hydrogen-bond donors (Lipinski definition) is 1. The topological polar surface area (TPSA) is 49.4 Å². The lowest BCUT2D eigenvalue weighted by atomic mass is 9.91. The normalized spacial score (nSPS) is 20.5. The Bertz CT molecular complexity index is 319. The van der Waals surface area contributed by atoms with Gasteiger partial charge in [0.05, 0.1) is 0 Å². The van der Waals surface area contributed by atoms with Crippen LogP contribution >= 0.6 is 0 Å².